The molecule has 2 aromatic carbocycles. The first kappa shape index (κ1) is 13.1. The van der Waals surface area contributed by atoms with E-state index in [0.29, 0.717) is 10.6 Å². The van der Waals surface area contributed by atoms with Crippen molar-refractivity contribution in [2.24, 2.45) is 0 Å². The van der Waals surface area contributed by atoms with Crippen molar-refractivity contribution in [1.82, 2.24) is 0 Å². The van der Waals surface area contributed by atoms with E-state index in [4.69, 9.17) is 23.2 Å². The lowest BCUT2D eigenvalue weighted by atomic mass is 10.1. The Morgan fingerprint density at radius 3 is 2.50 bits per heavy atom. The van der Waals surface area contributed by atoms with Gasteiger partial charge in [0, 0.05) is 5.02 Å². The molecule has 0 fully saturated rings. The van der Waals surface area contributed by atoms with Crippen LogP contribution >= 0.6 is 23.2 Å². The summed E-state index contributed by atoms with van der Waals surface area (Å²) in [5.74, 6) is -0.468. The molecule has 0 nitrogen and oxygen atoms in total. The molecule has 0 saturated carbocycles. The summed E-state index contributed by atoms with van der Waals surface area (Å²) in [6.45, 7) is 2.02. The highest BCUT2D eigenvalue weighted by Crippen LogP contribution is 2.25. The van der Waals surface area contributed by atoms with Gasteiger partial charge >= 0.3 is 0 Å². The molecule has 18 heavy (non-hydrogen) atoms. The van der Waals surface area contributed by atoms with E-state index in [1.165, 1.54) is 17.7 Å². The Morgan fingerprint density at radius 2 is 1.78 bits per heavy atom. The first-order valence-corrected chi connectivity index (χ1v) is 6.21. The summed E-state index contributed by atoms with van der Waals surface area (Å²) in [7, 11) is 0. The molecule has 0 aliphatic heterocycles. The van der Waals surface area contributed by atoms with Crippen molar-refractivity contribution in [2.45, 2.75) is 6.92 Å². The van der Waals surface area contributed by atoms with E-state index in [9.17, 15) is 4.39 Å². The van der Waals surface area contributed by atoms with Gasteiger partial charge < -0.3 is 0 Å². The van der Waals surface area contributed by atoms with Gasteiger partial charge in [-0.1, -0.05) is 65.2 Å². The summed E-state index contributed by atoms with van der Waals surface area (Å²) >= 11 is 11.6. The quantitative estimate of drug-likeness (QED) is 0.495. The predicted molar refractivity (Wildman–Crippen MR) is 76.5 cm³/mol. The molecule has 3 heteroatoms. The molecule has 0 aromatic heterocycles. The van der Waals surface area contributed by atoms with Crippen LogP contribution in [0.15, 0.2) is 36.4 Å². The van der Waals surface area contributed by atoms with Gasteiger partial charge in [-0.2, -0.15) is 0 Å². The van der Waals surface area contributed by atoms with Crippen LogP contribution in [-0.4, -0.2) is 0 Å². The maximum absolute atomic E-state index is 13.3. The third-order valence-electron chi connectivity index (χ3n) is 2.54. The van der Waals surface area contributed by atoms with Gasteiger partial charge in [0.2, 0.25) is 0 Å². The molecular formula is C15H11Cl2F. The van der Waals surface area contributed by atoms with Crippen LogP contribution in [0.2, 0.25) is 10.0 Å². The number of benzene rings is 2. The Hall–Kier alpha value is -1.31. The summed E-state index contributed by atoms with van der Waals surface area (Å²) in [6.07, 6.45) is 3.66. The molecule has 0 spiro atoms. The normalized spacial score (nSPS) is 11.1. The average Bonchev–Trinajstić information content (AvgIpc) is 2.32. The zero-order valence-corrected chi connectivity index (χ0v) is 11.3. The fourth-order valence-electron chi connectivity index (χ4n) is 1.63. The Bertz CT molecular complexity index is 603. The van der Waals surface area contributed by atoms with Crippen LogP contribution in [0.1, 0.15) is 16.7 Å². The molecule has 0 aliphatic rings. The van der Waals surface area contributed by atoms with Gasteiger partial charge in [0.05, 0.1) is 5.02 Å². The maximum Gasteiger partial charge on any atom is 0.142 e. The number of aryl methyl sites for hydroxylation is 1. The molecular weight excluding hydrogens is 270 g/mol. The smallest absolute Gasteiger partial charge is 0.142 e. The van der Waals surface area contributed by atoms with Crippen LogP contribution in [0, 0.1) is 12.7 Å². The fraction of sp³-hybridized carbons (Fsp3) is 0.0667. The van der Waals surface area contributed by atoms with Gasteiger partial charge in [0.25, 0.3) is 0 Å². The first-order valence-electron chi connectivity index (χ1n) is 5.45. The van der Waals surface area contributed by atoms with Gasteiger partial charge in [-0.3, -0.25) is 0 Å². The van der Waals surface area contributed by atoms with Crippen molar-refractivity contribution in [2.75, 3.05) is 0 Å². The summed E-state index contributed by atoms with van der Waals surface area (Å²) in [4.78, 5) is 0. The molecule has 0 atom stereocenters. The first-order chi connectivity index (χ1) is 8.56. The lowest BCUT2D eigenvalue weighted by Crippen LogP contribution is -1.82. The fourth-order valence-corrected chi connectivity index (χ4v) is 2.07. The van der Waals surface area contributed by atoms with E-state index in [1.807, 2.05) is 37.3 Å². The van der Waals surface area contributed by atoms with Crippen molar-refractivity contribution >= 4 is 35.4 Å². The predicted octanol–water partition coefficient (Wildman–Crippen LogP) is 5.61. The zero-order chi connectivity index (χ0) is 13.1. The second kappa shape index (κ2) is 5.55. The van der Waals surface area contributed by atoms with Crippen molar-refractivity contribution in [3.8, 4) is 0 Å². The second-order valence-corrected chi connectivity index (χ2v) is 4.85. The van der Waals surface area contributed by atoms with Crippen LogP contribution in [0.25, 0.3) is 12.2 Å². The van der Waals surface area contributed by atoms with E-state index in [-0.39, 0.29) is 5.02 Å². The van der Waals surface area contributed by atoms with Crippen molar-refractivity contribution in [3.05, 3.63) is 69.0 Å². The molecule has 92 valence electrons. The van der Waals surface area contributed by atoms with Crippen LogP contribution in [-0.2, 0) is 0 Å². The second-order valence-electron chi connectivity index (χ2n) is 4.04. The van der Waals surface area contributed by atoms with Gasteiger partial charge in [-0.15, -0.1) is 0 Å². The molecule has 0 amide bonds. The highest BCUT2D eigenvalue weighted by Gasteiger charge is 2.04. The number of rotatable bonds is 2. The SMILES string of the molecule is Cc1cccc(/C=C/c2cc(F)c(Cl)cc2Cl)c1. The summed E-state index contributed by atoms with van der Waals surface area (Å²) in [5, 5.41) is 0.470. The topological polar surface area (TPSA) is 0 Å². The highest BCUT2D eigenvalue weighted by atomic mass is 35.5. The standard InChI is InChI=1S/C15H11Cl2F/c1-10-3-2-4-11(7-10)5-6-12-8-15(18)14(17)9-13(12)16/h2-9H,1H3/b6-5+. The van der Waals surface area contributed by atoms with Crippen molar-refractivity contribution < 1.29 is 4.39 Å². The third-order valence-corrected chi connectivity index (χ3v) is 3.15. The van der Waals surface area contributed by atoms with E-state index >= 15 is 0 Å². The highest BCUT2D eigenvalue weighted by molar-refractivity contribution is 6.35. The largest absolute Gasteiger partial charge is 0.205 e. The molecule has 0 unspecified atom stereocenters. The van der Waals surface area contributed by atoms with Gasteiger partial charge in [0.15, 0.2) is 0 Å². The molecule has 0 bridgehead atoms. The Labute approximate surface area is 116 Å². The monoisotopic (exact) mass is 280 g/mol. The Morgan fingerprint density at radius 1 is 1.00 bits per heavy atom. The molecule has 2 rings (SSSR count). The van der Waals surface area contributed by atoms with E-state index < -0.39 is 5.82 Å². The summed E-state index contributed by atoms with van der Waals surface area (Å²) < 4.78 is 13.3. The van der Waals surface area contributed by atoms with Crippen molar-refractivity contribution in [1.29, 1.82) is 0 Å². The lowest BCUT2D eigenvalue weighted by Gasteiger charge is -2.01. The zero-order valence-electron chi connectivity index (χ0n) is 9.75. The van der Waals surface area contributed by atoms with E-state index in [0.717, 1.165) is 5.56 Å². The van der Waals surface area contributed by atoms with Crippen molar-refractivity contribution in [3.63, 3.8) is 0 Å². The minimum Gasteiger partial charge on any atom is -0.205 e. The Kier molecular flexibility index (Phi) is 4.05. The molecule has 0 aliphatic carbocycles. The number of halogens is 3. The van der Waals surface area contributed by atoms with Gasteiger partial charge in [-0.25, -0.2) is 4.39 Å². The third kappa shape index (κ3) is 3.12. The molecule has 0 heterocycles. The average molecular weight is 281 g/mol. The minimum atomic E-state index is -0.468. The molecule has 0 radical (unpaired) electrons. The van der Waals surface area contributed by atoms with E-state index in [1.54, 1.807) is 6.08 Å². The van der Waals surface area contributed by atoms with Gasteiger partial charge in [0.1, 0.15) is 5.82 Å². The molecule has 2 aromatic rings. The van der Waals surface area contributed by atoms with Crippen LogP contribution in [0.5, 0.6) is 0 Å². The summed E-state index contributed by atoms with van der Waals surface area (Å²) in [5.41, 5.74) is 2.83. The minimum absolute atomic E-state index is 0.0349. The van der Waals surface area contributed by atoms with Gasteiger partial charge in [-0.05, 0) is 30.2 Å². The lowest BCUT2D eigenvalue weighted by molar-refractivity contribution is 0.628. The Balaban J connectivity index is 2.32. The molecule has 0 N–H and O–H groups in total. The summed E-state index contributed by atoms with van der Waals surface area (Å²) in [6, 6.07) is 10.7. The number of hydrogen-bond acceptors (Lipinski definition) is 0. The number of hydrogen-bond donors (Lipinski definition) is 0. The van der Waals surface area contributed by atoms with Crippen LogP contribution < -0.4 is 0 Å². The maximum atomic E-state index is 13.3. The van der Waals surface area contributed by atoms with Crippen LogP contribution in [0.3, 0.4) is 0 Å². The van der Waals surface area contributed by atoms with E-state index in [2.05, 4.69) is 0 Å². The van der Waals surface area contributed by atoms with Crippen LogP contribution in [0.4, 0.5) is 4.39 Å². The molecule has 0 saturated heterocycles.